The molecule has 0 saturated carbocycles. The van der Waals surface area contributed by atoms with Gasteiger partial charge in [0.25, 0.3) is 0 Å². The fourth-order valence-electron chi connectivity index (χ4n) is 1.88. The lowest BCUT2D eigenvalue weighted by Crippen LogP contribution is -2.42. The average molecular weight is 229 g/mol. The van der Waals surface area contributed by atoms with E-state index in [4.69, 9.17) is 11.8 Å². The topological polar surface area (TPSA) is 30.9 Å². The maximum absolute atomic E-state index is 6.01. The first-order valence-corrected chi connectivity index (χ1v) is 5.83. The van der Waals surface area contributed by atoms with Crippen molar-refractivity contribution in [1.29, 1.82) is 0 Å². The Morgan fingerprint density at radius 3 is 3.20 bits per heavy atom. The largest absolute Gasteiger partial charge is 0.362 e. The molecule has 0 amide bonds. The van der Waals surface area contributed by atoms with Gasteiger partial charge in [-0.15, -0.1) is 0 Å². The first-order chi connectivity index (χ1) is 7.31. The molecule has 15 heavy (non-hydrogen) atoms. The molecule has 0 saturated heterocycles. The maximum Gasteiger partial charge on any atom is 0.152 e. The average Bonchev–Trinajstić information content (AvgIpc) is 2.65. The molecular formula is C10H17ClN4. The standard InChI is InChI=1S/C10H17ClN4/c1-2-3-4-5-14-8-15(11)6-9-10(14)13-7-12-9/h6,12H,2-5,7-8H2,1H3. The normalized spacial score (nSPS) is 19.6. The van der Waals surface area contributed by atoms with Gasteiger partial charge in [-0.25, -0.2) is 4.99 Å². The molecule has 0 atom stereocenters. The minimum Gasteiger partial charge on any atom is -0.362 e. The Morgan fingerprint density at radius 2 is 2.40 bits per heavy atom. The van der Waals surface area contributed by atoms with E-state index in [0.717, 1.165) is 24.7 Å². The van der Waals surface area contributed by atoms with E-state index in [9.17, 15) is 0 Å². The molecule has 0 spiro atoms. The van der Waals surface area contributed by atoms with Crippen molar-refractivity contribution >= 4 is 17.6 Å². The maximum atomic E-state index is 6.01. The van der Waals surface area contributed by atoms with Crippen LogP contribution >= 0.6 is 11.8 Å². The summed E-state index contributed by atoms with van der Waals surface area (Å²) in [4.78, 5) is 6.66. The molecule has 4 nitrogen and oxygen atoms in total. The highest BCUT2D eigenvalue weighted by molar-refractivity contribution is 6.15. The monoisotopic (exact) mass is 228 g/mol. The van der Waals surface area contributed by atoms with E-state index < -0.39 is 0 Å². The molecule has 0 radical (unpaired) electrons. The van der Waals surface area contributed by atoms with Gasteiger partial charge in [0.15, 0.2) is 5.84 Å². The second-order valence-corrected chi connectivity index (χ2v) is 4.31. The predicted octanol–water partition coefficient (Wildman–Crippen LogP) is 1.71. The number of aliphatic imine (C=N–C) groups is 1. The highest BCUT2D eigenvalue weighted by Gasteiger charge is 2.25. The molecule has 0 bridgehead atoms. The highest BCUT2D eigenvalue weighted by Crippen LogP contribution is 2.17. The Balaban J connectivity index is 1.97. The zero-order chi connectivity index (χ0) is 10.7. The van der Waals surface area contributed by atoms with Crippen molar-refractivity contribution in [2.45, 2.75) is 26.2 Å². The first kappa shape index (κ1) is 10.6. The van der Waals surface area contributed by atoms with Crippen LogP contribution in [0.3, 0.4) is 0 Å². The molecule has 1 N–H and O–H groups in total. The van der Waals surface area contributed by atoms with Gasteiger partial charge in [0.05, 0.1) is 5.70 Å². The molecule has 2 aliphatic heterocycles. The summed E-state index contributed by atoms with van der Waals surface area (Å²) < 4.78 is 1.68. The van der Waals surface area contributed by atoms with Crippen LogP contribution in [0.25, 0.3) is 0 Å². The summed E-state index contributed by atoms with van der Waals surface area (Å²) in [6.45, 7) is 4.66. The van der Waals surface area contributed by atoms with Crippen molar-refractivity contribution in [2.75, 3.05) is 19.9 Å². The van der Waals surface area contributed by atoms with Gasteiger partial charge in [-0.3, -0.25) is 4.42 Å². The molecule has 2 rings (SSSR count). The third kappa shape index (κ3) is 2.37. The predicted molar refractivity (Wildman–Crippen MR) is 62.3 cm³/mol. The second-order valence-electron chi connectivity index (χ2n) is 3.87. The third-order valence-corrected chi connectivity index (χ3v) is 2.85. The van der Waals surface area contributed by atoms with Gasteiger partial charge in [-0.2, -0.15) is 0 Å². The van der Waals surface area contributed by atoms with E-state index in [1.807, 2.05) is 6.20 Å². The van der Waals surface area contributed by atoms with Crippen molar-refractivity contribution in [1.82, 2.24) is 14.6 Å². The molecule has 0 aromatic carbocycles. The Bertz CT molecular complexity index is 287. The van der Waals surface area contributed by atoms with Crippen LogP contribution < -0.4 is 5.32 Å². The van der Waals surface area contributed by atoms with Crippen molar-refractivity contribution in [3.63, 3.8) is 0 Å². The van der Waals surface area contributed by atoms with Gasteiger partial charge in [0.2, 0.25) is 0 Å². The molecule has 84 valence electrons. The summed E-state index contributed by atoms with van der Waals surface area (Å²) in [6, 6.07) is 0. The molecule has 2 aliphatic rings. The van der Waals surface area contributed by atoms with Gasteiger partial charge in [0, 0.05) is 24.5 Å². The number of amidine groups is 1. The fraction of sp³-hybridized carbons (Fsp3) is 0.700. The third-order valence-electron chi connectivity index (χ3n) is 2.65. The van der Waals surface area contributed by atoms with Crippen LogP contribution in [-0.4, -0.2) is 35.0 Å². The molecule has 2 heterocycles. The van der Waals surface area contributed by atoms with Crippen LogP contribution in [0.1, 0.15) is 26.2 Å². The zero-order valence-electron chi connectivity index (χ0n) is 9.04. The minimum atomic E-state index is 0.677. The first-order valence-electron chi connectivity index (χ1n) is 5.49. The number of unbranched alkanes of at least 4 members (excludes halogenated alkanes) is 2. The van der Waals surface area contributed by atoms with Crippen LogP contribution in [0.2, 0.25) is 0 Å². The number of halogens is 1. The lowest BCUT2D eigenvalue weighted by molar-refractivity contribution is 0.316. The van der Waals surface area contributed by atoms with E-state index in [1.165, 1.54) is 19.3 Å². The summed E-state index contributed by atoms with van der Waals surface area (Å²) in [5, 5.41) is 3.20. The zero-order valence-corrected chi connectivity index (χ0v) is 9.80. The summed E-state index contributed by atoms with van der Waals surface area (Å²) in [6.07, 6.45) is 5.61. The molecule has 0 aromatic heterocycles. The number of hydrogen-bond acceptors (Lipinski definition) is 4. The van der Waals surface area contributed by atoms with Gasteiger partial charge in [-0.05, 0) is 6.42 Å². The molecule has 0 aromatic rings. The van der Waals surface area contributed by atoms with Crippen LogP contribution in [0, 0.1) is 0 Å². The molecular weight excluding hydrogens is 212 g/mol. The van der Waals surface area contributed by atoms with Crippen molar-refractivity contribution in [3.05, 3.63) is 11.9 Å². The fourth-order valence-corrected chi connectivity index (χ4v) is 2.10. The Kier molecular flexibility index (Phi) is 3.36. The second kappa shape index (κ2) is 4.75. The van der Waals surface area contributed by atoms with Gasteiger partial charge < -0.3 is 10.2 Å². The molecule has 5 heteroatoms. The van der Waals surface area contributed by atoms with E-state index in [1.54, 1.807) is 4.42 Å². The Morgan fingerprint density at radius 1 is 1.53 bits per heavy atom. The number of nitrogens with zero attached hydrogens (tertiary/aromatic N) is 3. The molecule has 0 unspecified atom stereocenters. The minimum absolute atomic E-state index is 0.677. The van der Waals surface area contributed by atoms with Crippen LogP contribution in [0.15, 0.2) is 16.9 Å². The number of hydrogen-bond donors (Lipinski definition) is 1. The Labute approximate surface area is 95.7 Å². The SMILES string of the molecule is CCCCCN1CN(Cl)C=C2NCN=C21. The van der Waals surface area contributed by atoms with Crippen molar-refractivity contribution in [3.8, 4) is 0 Å². The molecule has 0 aliphatic carbocycles. The summed E-state index contributed by atoms with van der Waals surface area (Å²) >= 11 is 6.01. The highest BCUT2D eigenvalue weighted by atomic mass is 35.5. The van der Waals surface area contributed by atoms with Crippen LogP contribution in [-0.2, 0) is 0 Å². The quantitative estimate of drug-likeness (QED) is 0.587. The summed E-state index contributed by atoms with van der Waals surface area (Å²) in [5.74, 6) is 1.07. The van der Waals surface area contributed by atoms with Crippen molar-refractivity contribution in [2.24, 2.45) is 4.99 Å². The van der Waals surface area contributed by atoms with Crippen LogP contribution in [0.5, 0.6) is 0 Å². The van der Waals surface area contributed by atoms with E-state index in [0.29, 0.717) is 6.67 Å². The number of fused-ring (bicyclic) bond motifs is 1. The van der Waals surface area contributed by atoms with Crippen LogP contribution in [0.4, 0.5) is 0 Å². The van der Waals surface area contributed by atoms with Gasteiger partial charge in [0.1, 0.15) is 13.3 Å². The van der Waals surface area contributed by atoms with Gasteiger partial charge in [-0.1, -0.05) is 19.8 Å². The lowest BCUT2D eigenvalue weighted by Gasteiger charge is -2.32. The number of nitrogens with one attached hydrogen (secondary N) is 1. The van der Waals surface area contributed by atoms with E-state index >= 15 is 0 Å². The lowest BCUT2D eigenvalue weighted by atomic mass is 10.2. The summed E-state index contributed by atoms with van der Waals surface area (Å²) in [5.41, 5.74) is 1.05. The number of rotatable bonds is 4. The Hall–Kier alpha value is -0.900. The van der Waals surface area contributed by atoms with Crippen molar-refractivity contribution < 1.29 is 0 Å². The summed E-state index contributed by atoms with van der Waals surface area (Å²) in [7, 11) is 0. The van der Waals surface area contributed by atoms with Gasteiger partial charge >= 0.3 is 0 Å². The van der Waals surface area contributed by atoms with E-state index in [-0.39, 0.29) is 0 Å². The molecule has 0 fully saturated rings. The van der Waals surface area contributed by atoms with E-state index in [2.05, 4.69) is 22.1 Å². The smallest absolute Gasteiger partial charge is 0.152 e.